The average molecular weight is 292 g/mol. The Morgan fingerprint density at radius 2 is 2.14 bits per heavy atom. The van der Waals surface area contributed by atoms with Crippen LogP contribution in [0.25, 0.3) is 0 Å². The highest BCUT2D eigenvalue weighted by molar-refractivity contribution is 5.86. The first-order chi connectivity index (χ1) is 10.0. The van der Waals surface area contributed by atoms with Crippen LogP contribution in [0.3, 0.4) is 0 Å². The van der Waals surface area contributed by atoms with Gasteiger partial charge in [0.1, 0.15) is 5.75 Å². The lowest BCUT2D eigenvalue weighted by Crippen LogP contribution is -2.55. The van der Waals surface area contributed by atoms with E-state index in [-0.39, 0.29) is 12.5 Å². The van der Waals surface area contributed by atoms with Crippen LogP contribution in [0.15, 0.2) is 24.3 Å². The number of aliphatic hydroxyl groups excluding tert-OH is 1. The van der Waals surface area contributed by atoms with Crippen molar-refractivity contribution in [2.75, 3.05) is 13.7 Å². The zero-order chi connectivity index (χ0) is 15.3. The third kappa shape index (κ3) is 3.95. The number of carbonyl (C=O) groups excluding carboxylic acids is 1. The second-order valence-corrected chi connectivity index (χ2v) is 5.72. The number of amides is 1. The van der Waals surface area contributed by atoms with Gasteiger partial charge in [-0.2, -0.15) is 0 Å². The molecular weight excluding hydrogens is 268 g/mol. The first-order valence-electron chi connectivity index (χ1n) is 7.44. The molecule has 5 nitrogen and oxygen atoms in total. The molecule has 0 radical (unpaired) electrons. The molecule has 0 spiro atoms. The molecule has 1 fully saturated rings. The molecule has 0 aromatic heterocycles. The molecule has 1 unspecified atom stereocenters. The van der Waals surface area contributed by atoms with Crippen molar-refractivity contribution in [3.8, 4) is 5.75 Å². The number of aliphatic hydroxyl groups is 1. The summed E-state index contributed by atoms with van der Waals surface area (Å²) in [6.07, 6.45) is 3.78. The summed E-state index contributed by atoms with van der Waals surface area (Å²) in [5.41, 5.74) is 6.10. The maximum atomic E-state index is 12.2. The van der Waals surface area contributed by atoms with E-state index in [2.05, 4.69) is 5.32 Å². The van der Waals surface area contributed by atoms with Crippen LogP contribution >= 0.6 is 0 Å². The van der Waals surface area contributed by atoms with E-state index in [0.717, 1.165) is 19.3 Å². The number of benzene rings is 1. The standard InChI is InChI=1S/C16H24N2O3/c1-21-13-7-5-6-12(10-13)14(19)11-18-15(20)16(17)8-3-2-4-9-16/h5-7,10,14,19H,2-4,8-9,11,17H2,1H3,(H,18,20). The van der Waals surface area contributed by atoms with Crippen LogP contribution in [0.1, 0.15) is 43.8 Å². The molecule has 21 heavy (non-hydrogen) atoms. The quantitative estimate of drug-likeness (QED) is 0.768. The highest BCUT2D eigenvalue weighted by Crippen LogP contribution is 2.26. The average Bonchev–Trinajstić information content (AvgIpc) is 2.53. The zero-order valence-corrected chi connectivity index (χ0v) is 12.5. The van der Waals surface area contributed by atoms with Gasteiger partial charge in [0.2, 0.25) is 5.91 Å². The van der Waals surface area contributed by atoms with E-state index in [1.165, 1.54) is 0 Å². The van der Waals surface area contributed by atoms with E-state index < -0.39 is 11.6 Å². The summed E-state index contributed by atoms with van der Waals surface area (Å²) in [7, 11) is 1.58. The van der Waals surface area contributed by atoms with E-state index in [4.69, 9.17) is 10.5 Å². The number of ether oxygens (including phenoxy) is 1. The molecule has 5 heteroatoms. The number of carbonyl (C=O) groups is 1. The fraction of sp³-hybridized carbons (Fsp3) is 0.562. The normalized spacial score (nSPS) is 18.8. The number of methoxy groups -OCH3 is 1. The van der Waals surface area contributed by atoms with Crippen molar-refractivity contribution in [2.24, 2.45) is 5.73 Å². The Morgan fingerprint density at radius 3 is 2.81 bits per heavy atom. The first-order valence-corrected chi connectivity index (χ1v) is 7.44. The molecule has 0 saturated heterocycles. The van der Waals surface area contributed by atoms with Crippen molar-refractivity contribution >= 4 is 5.91 Å². The van der Waals surface area contributed by atoms with Crippen molar-refractivity contribution in [3.05, 3.63) is 29.8 Å². The summed E-state index contributed by atoms with van der Waals surface area (Å²) in [6.45, 7) is 0.158. The van der Waals surface area contributed by atoms with Gasteiger partial charge in [0.25, 0.3) is 0 Å². The lowest BCUT2D eigenvalue weighted by atomic mass is 9.82. The fourth-order valence-electron chi connectivity index (χ4n) is 2.74. The Bertz CT molecular complexity index is 484. The summed E-state index contributed by atoms with van der Waals surface area (Å²) in [5, 5.41) is 12.9. The van der Waals surface area contributed by atoms with Crippen molar-refractivity contribution in [2.45, 2.75) is 43.7 Å². The first kappa shape index (κ1) is 15.8. The molecule has 116 valence electrons. The van der Waals surface area contributed by atoms with E-state index in [1.54, 1.807) is 19.2 Å². The SMILES string of the molecule is COc1cccc(C(O)CNC(=O)C2(N)CCCCC2)c1. The minimum Gasteiger partial charge on any atom is -0.497 e. The maximum absolute atomic E-state index is 12.2. The topological polar surface area (TPSA) is 84.6 Å². The van der Waals surface area contributed by atoms with Gasteiger partial charge in [-0.25, -0.2) is 0 Å². The molecule has 1 amide bonds. The van der Waals surface area contributed by atoms with Crippen LogP contribution in [-0.4, -0.2) is 30.2 Å². The molecule has 1 aliphatic rings. The second-order valence-electron chi connectivity index (χ2n) is 5.72. The van der Waals surface area contributed by atoms with Gasteiger partial charge in [0.15, 0.2) is 0 Å². The third-order valence-corrected chi connectivity index (χ3v) is 4.13. The maximum Gasteiger partial charge on any atom is 0.240 e. The van der Waals surface area contributed by atoms with E-state index >= 15 is 0 Å². The second kappa shape index (κ2) is 6.91. The minimum atomic E-state index is -0.771. The summed E-state index contributed by atoms with van der Waals surface area (Å²) >= 11 is 0. The molecule has 0 heterocycles. The summed E-state index contributed by atoms with van der Waals surface area (Å²) in [6, 6.07) is 7.18. The number of nitrogens with two attached hydrogens (primary N) is 1. The summed E-state index contributed by atoms with van der Waals surface area (Å²) < 4.78 is 5.12. The fourth-order valence-corrected chi connectivity index (χ4v) is 2.74. The predicted octanol–water partition coefficient (Wildman–Crippen LogP) is 1.51. The molecule has 1 atom stereocenters. The smallest absolute Gasteiger partial charge is 0.240 e. The van der Waals surface area contributed by atoms with Crippen LogP contribution < -0.4 is 15.8 Å². The number of hydrogen-bond acceptors (Lipinski definition) is 4. The van der Waals surface area contributed by atoms with Gasteiger partial charge in [-0.3, -0.25) is 4.79 Å². The van der Waals surface area contributed by atoms with E-state index in [1.807, 2.05) is 12.1 Å². The van der Waals surface area contributed by atoms with Crippen molar-refractivity contribution in [1.29, 1.82) is 0 Å². The van der Waals surface area contributed by atoms with E-state index in [9.17, 15) is 9.90 Å². The molecule has 1 saturated carbocycles. The van der Waals surface area contributed by atoms with Gasteiger partial charge in [-0.1, -0.05) is 31.4 Å². The van der Waals surface area contributed by atoms with Gasteiger partial charge in [0, 0.05) is 6.54 Å². The van der Waals surface area contributed by atoms with Crippen LogP contribution in [0.2, 0.25) is 0 Å². The van der Waals surface area contributed by atoms with Gasteiger partial charge >= 0.3 is 0 Å². The Morgan fingerprint density at radius 1 is 1.43 bits per heavy atom. The molecule has 4 N–H and O–H groups in total. The van der Waals surface area contributed by atoms with Gasteiger partial charge in [-0.15, -0.1) is 0 Å². The minimum absolute atomic E-state index is 0.158. The largest absolute Gasteiger partial charge is 0.497 e. The number of hydrogen-bond donors (Lipinski definition) is 3. The van der Waals surface area contributed by atoms with Crippen molar-refractivity contribution in [3.63, 3.8) is 0 Å². The highest BCUT2D eigenvalue weighted by Gasteiger charge is 2.35. The lowest BCUT2D eigenvalue weighted by Gasteiger charge is -2.32. The number of rotatable bonds is 5. The Kier molecular flexibility index (Phi) is 5.20. The van der Waals surface area contributed by atoms with Crippen LogP contribution in [0.5, 0.6) is 5.75 Å². The van der Waals surface area contributed by atoms with E-state index in [0.29, 0.717) is 24.2 Å². The van der Waals surface area contributed by atoms with Gasteiger partial charge in [0.05, 0.1) is 18.8 Å². The van der Waals surface area contributed by atoms with Crippen LogP contribution in [-0.2, 0) is 4.79 Å². The monoisotopic (exact) mass is 292 g/mol. The van der Waals surface area contributed by atoms with Gasteiger partial charge < -0.3 is 20.9 Å². The Labute approximate surface area is 125 Å². The highest BCUT2D eigenvalue weighted by atomic mass is 16.5. The Balaban J connectivity index is 1.90. The predicted molar refractivity (Wildman–Crippen MR) is 81.0 cm³/mol. The summed E-state index contributed by atoms with van der Waals surface area (Å²) in [5.74, 6) is 0.518. The lowest BCUT2D eigenvalue weighted by molar-refractivity contribution is -0.128. The summed E-state index contributed by atoms with van der Waals surface area (Å²) in [4.78, 5) is 12.2. The van der Waals surface area contributed by atoms with Crippen LogP contribution in [0, 0.1) is 0 Å². The number of nitrogens with one attached hydrogen (secondary N) is 1. The molecule has 2 rings (SSSR count). The Hall–Kier alpha value is -1.59. The molecule has 1 aromatic carbocycles. The molecule has 0 bridgehead atoms. The van der Waals surface area contributed by atoms with Gasteiger partial charge in [-0.05, 0) is 30.5 Å². The van der Waals surface area contributed by atoms with Crippen LogP contribution in [0.4, 0.5) is 0 Å². The molecule has 1 aliphatic carbocycles. The molecule has 0 aliphatic heterocycles. The third-order valence-electron chi connectivity index (χ3n) is 4.13. The van der Waals surface area contributed by atoms with Crippen molar-refractivity contribution in [1.82, 2.24) is 5.32 Å². The zero-order valence-electron chi connectivity index (χ0n) is 12.5. The molecular formula is C16H24N2O3. The van der Waals surface area contributed by atoms with Crippen molar-refractivity contribution < 1.29 is 14.6 Å². The molecule has 1 aromatic rings.